The van der Waals surface area contributed by atoms with Crippen LogP contribution in [0.4, 0.5) is 5.69 Å². The van der Waals surface area contributed by atoms with Gasteiger partial charge in [0.1, 0.15) is 0 Å². The number of amides is 1. The first-order valence-electron chi connectivity index (χ1n) is 6.25. The molecule has 0 bridgehead atoms. The van der Waals surface area contributed by atoms with Crippen LogP contribution < -0.4 is 21.8 Å². The van der Waals surface area contributed by atoms with E-state index >= 15 is 0 Å². The van der Waals surface area contributed by atoms with Crippen molar-refractivity contribution in [3.63, 3.8) is 0 Å². The fourth-order valence-corrected chi connectivity index (χ4v) is 1.69. The lowest BCUT2D eigenvalue weighted by atomic mass is 10.2. The largest absolute Gasteiger partial charge is 0.325 e. The fraction of sp³-hybridized carbons (Fsp3) is 0.308. The van der Waals surface area contributed by atoms with Crippen molar-refractivity contribution in [2.75, 3.05) is 11.9 Å². The van der Waals surface area contributed by atoms with Gasteiger partial charge in [-0.1, -0.05) is 13.8 Å². The summed E-state index contributed by atoms with van der Waals surface area (Å²) < 4.78 is 0. The van der Waals surface area contributed by atoms with Gasteiger partial charge in [0.25, 0.3) is 0 Å². The second kappa shape index (κ2) is 5.70. The van der Waals surface area contributed by atoms with Crippen LogP contribution in [-0.4, -0.2) is 28.5 Å². The quantitative estimate of drug-likeness (QED) is 0.596. The molecule has 0 unspecified atom stereocenters. The summed E-state index contributed by atoms with van der Waals surface area (Å²) in [5.74, 6) is -0.176. The van der Waals surface area contributed by atoms with E-state index in [-0.39, 0.29) is 18.5 Å². The molecule has 7 heteroatoms. The van der Waals surface area contributed by atoms with Crippen LogP contribution in [0.2, 0.25) is 0 Å². The van der Waals surface area contributed by atoms with Gasteiger partial charge < -0.3 is 20.6 Å². The molecule has 0 aliphatic carbocycles. The lowest BCUT2D eigenvalue weighted by Crippen LogP contribution is -2.32. The Labute approximate surface area is 114 Å². The van der Waals surface area contributed by atoms with Crippen LogP contribution in [0, 0.1) is 0 Å². The monoisotopic (exact) mass is 276 g/mol. The molecule has 0 saturated heterocycles. The van der Waals surface area contributed by atoms with Crippen LogP contribution in [-0.2, 0) is 4.79 Å². The van der Waals surface area contributed by atoms with Crippen molar-refractivity contribution in [2.45, 2.75) is 19.9 Å². The van der Waals surface area contributed by atoms with Gasteiger partial charge >= 0.3 is 11.1 Å². The highest BCUT2D eigenvalue weighted by atomic mass is 16.2. The average molecular weight is 276 g/mol. The standard InChI is InChI=1S/C13H16N4O3/c1-7(2)14-6-11(18)15-8-3-4-9-10(5-8)17-13(20)12(19)16-9/h3-5,7,14H,6H2,1-2H3,(H,15,18)(H,16,19)(H,17,20). The first-order chi connectivity index (χ1) is 9.45. The molecule has 1 aromatic heterocycles. The van der Waals surface area contributed by atoms with Gasteiger partial charge in [-0.25, -0.2) is 0 Å². The number of carbonyl (C=O) groups is 1. The van der Waals surface area contributed by atoms with Gasteiger partial charge in [0.05, 0.1) is 17.6 Å². The van der Waals surface area contributed by atoms with Crippen molar-refractivity contribution < 1.29 is 4.79 Å². The molecule has 106 valence electrons. The second-order valence-corrected chi connectivity index (χ2v) is 4.75. The molecule has 4 N–H and O–H groups in total. The first-order valence-corrected chi connectivity index (χ1v) is 6.25. The first kappa shape index (κ1) is 14.0. The van der Waals surface area contributed by atoms with Gasteiger partial charge in [-0.15, -0.1) is 0 Å². The molecule has 0 aliphatic heterocycles. The molecule has 0 radical (unpaired) electrons. The Bertz CT molecular complexity index is 745. The van der Waals surface area contributed by atoms with Gasteiger partial charge in [-0.3, -0.25) is 14.4 Å². The van der Waals surface area contributed by atoms with Crippen molar-refractivity contribution >= 4 is 22.6 Å². The zero-order chi connectivity index (χ0) is 14.7. The summed E-state index contributed by atoms with van der Waals surface area (Å²) in [7, 11) is 0. The number of hydrogen-bond acceptors (Lipinski definition) is 4. The minimum absolute atomic E-state index is 0.176. The van der Waals surface area contributed by atoms with E-state index in [4.69, 9.17) is 0 Å². The number of rotatable bonds is 4. The molecule has 1 aromatic carbocycles. The maximum atomic E-state index is 11.7. The molecule has 2 aromatic rings. The molecule has 20 heavy (non-hydrogen) atoms. The number of fused-ring (bicyclic) bond motifs is 1. The maximum Gasteiger partial charge on any atom is 0.314 e. The van der Waals surface area contributed by atoms with E-state index in [0.717, 1.165) is 0 Å². The van der Waals surface area contributed by atoms with Crippen LogP contribution in [0.3, 0.4) is 0 Å². The van der Waals surface area contributed by atoms with Gasteiger partial charge in [0.2, 0.25) is 5.91 Å². The molecular weight excluding hydrogens is 260 g/mol. The van der Waals surface area contributed by atoms with Crippen LogP contribution in [0.25, 0.3) is 11.0 Å². The van der Waals surface area contributed by atoms with Crippen LogP contribution >= 0.6 is 0 Å². The summed E-state index contributed by atoms with van der Waals surface area (Å²) in [6, 6.07) is 5.10. The third-order valence-electron chi connectivity index (χ3n) is 2.68. The molecule has 7 nitrogen and oxygen atoms in total. The zero-order valence-electron chi connectivity index (χ0n) is 11.2. The summed E-state index contributed by atoms with van der Waals surface area (Å²) in [6.07, 6.45) is 0. The molecule has 0 spiro atoms. The number of aromatic amines is 2. The van der Waals surface area contributed by atoms with Gasteiger partial charge in [-0.05, 0) is 18.2 Å². The fourth-order valence-electron chi connectivity index (χ4n) is 1.69. The zero-order valence-corrected chi connectivity index (χ0v) is 11.2. The number of nitrogens with one attached hydrogen (secondary N) is 4. The highest BCUT2D eigenvalue weighted by Gasteiger charge is 2.05. The second-order valence-electron chi connectivity index (χ2n) is 4.75. The third-order valence-corrected chi connectivity index (χ3v) is 2.68. The normalized spacial score (nSPS) is 10.9. The summed E-state index contributed by atoms with van der Waals surface area (Å²) in [5, 5.41) is 5.71. The SMILES string of the molecule is CC(C)NCC(=O)Nc1ccc2[nH]c(=O)c(=O)[nH]c2c1. The minimum atomic E-state index is -0.720. The predicted molar refractivity (Wildman–Crippen MR) is 77.0 cm³/mol. The van der Waals surface area contributed by atoms with Crippen molar-refractivity contribution in [1.29, 1.82) is 0 Å². The lowest BCUT2D eigenvalue weighted by Gasteiger charge is -2.09. The Hall–Kier alpha value is -2.41. The van der Waals surface area contributed by atoms with Crippen molar-refractivity contribution in [1.82, 2.24) is 15.3 Å². The molecule has 0 atom stereocenters. The van der Waals surface area contributed by atoms with E-state index in [0.29, 0.717) is 16.7 Å². The van der Waals surface area contributed by atoms with Gasteiger partial charge in [0.15, 0.2) is 0 Å². The Morgan fingerprint density at radius 2 is 1.80 bits per heavy atom. The predicted octanol–water partition coefficient (Wildman–Crippen LogP) is 0.153. The summed E-state index contributed by atoms with van der Waals surface area (Å²) in [5.41, 5.74) is 0.103. The number of benzene rings is 1. The number of aromatic nitrogens is 2. The molecule has 1 heterocycles. The van der Waals surface area contributed by atoms with E-state index in [1.165, 1.54) is 0 Å². The van der Waals surface area contributed by atoms with E-state index < -0.39 is 11.1 Å². The third kappa shape index (κ3) is 3.33. The Kier molecular flexibility index (Phi) is 3.99. The van der Waals surface area contributed by atoms with E-state index in [1.807, 2.05) is 13.8 Å². The topological polar surface area (TPSA) is 107 Å². The number of hydrogen-bond donors (Lipinski definition) is 4. The van der Waals surface area contributed by atoms with E-state index in [1.54, 1.807) is 18.2 Å². The van der Waals surface area contributed by atoms with E-state index in [2.05, 4.69) is 20.6 Å². The van der Waals surface area contributed by atoms with E-state index in [9.17, 15) is 14.4 Å². The van der Waals surface area contributed by atoms with Crippen molar-refractivity contribution in [2.24, 2.45) is 0 Å². The number of H-pyrrole nitrogens is 2. The van der Waals surface area contributed by atoms with Crippen molar-refractivity contribution in [3.05, 3.63) is 38.9 Å². The molecule has 0 aliphatic rings. The molecule has 0 fully saturated rings. The van der Waals surface area contributed by atoms with Gasteiger partial charge in [-0.2, -0.15) is 0 Å². The minimum Gasteiger partial charge on any atom is -0.325 e. The van der Waals surface area contributed by atoms with Crippen LogP contribution in [0.1, 0.15) is 13.8 Å². The number of anilines is 1. The van der Waals surface area contributed by atoms with Crippen LogP contribution in [0.15, 0.2) is 27.8 Å². The summed E-state index contributed by atoms with van der Waals surface area (Å²) in [6.45, 7) is 4.10. The lowest BCUT2D eigenvalue weighted by molar-refractivity contribution is -0.115. The highest BCUT2D eigenvalue weighted by molar-refractivity contribution is 5.94. The molecule has 2 rings (SSSR count). The Balaban J connectivity index is 2.19. The molecular formula is C13H16N4O3. The number of carbonyl (C=O) groups excluding carboxylic acids is 1. The average Bonchev–Trinajstić information content (AvgIpc) is 2.38. The summed E-state index contributed by atoms with van der Waals surface area (Å²) in [4.78, 5) is 39.0. The van der Waals surface area contributed by atoms with Crippen molar-refractivity contribution in [3.8, 4) is 0 Å². The van der Waals surface area contributed by atoms with Crippen LogP contribution in [0.5, 0.6) is 0 Å². The smallest absolute Gasteiger partial charge is 0.314 e. The molecule has 0 saturated carbocycles. The maximum absolute atomic E-state index is 11.7. The summed E-state index contributed by atoms with van der Waals surface area (Å²) >= 11 is 0. The Morgan fingerprint density at radius 1 is 1.15 bits per heavy atom. The Morgan fingerprint density at radius 3 is 2.45 bits per heavy atom. The van der Waals surface area contributed by atoms with Gasteiger partial charge in [0, 0.05) is 11.7 Å². The molecule has 1 amide bonds. The highest BCUT2D eigenvalue weighted by Crippen LogP contribution is 2.13.